The number of alkyl halides is 3. The zero-order chi connectivity index (χ0) is 19.4. The quantitative estimate of drug-likeness (QED) is 0.757. The molecular weight excluding hydrogens is 359 g/mol. The summed E-state index contributed by atoms with van der Waals surface area (Å²) >= 11 is 0. The maximum atomic E-state index is 12.6. The van der Waals surface area contributed by atoms with Gasteiger partial charge in [0.25, 0.3) is 0 Å². The summed E-state index contributed by atoms with van der Waals surface area (Å²) in [6.45, 7) is -0.707. The number of hydrogen-bond donors (Lipinski definition) is 0. The average Bonchev–Trinajstić information content (AvgIpc) is 3.08. The molecule has 3 rings (SSSR count). The number of halogens is 3. The molecule has 0 bridgehead atoms. The normalized spacial score (nSPS) is 13.4. The maximum absolute atomic E-state index is 12.6. The van der Waals surface area contributed by atoms with Crippen molar-refractivity contribution in [3.05, 3.63) is 53.6 Å². The molecule has 0 N–H and O–H groups in total. The number of nitrogens with zero attached hydrogens (tertiary/aromatic N) is 1. The maximum Gasteiger partial charge on any atom is 0.422 e. The molecule has 0 aromatic heterocycles. The molecule has 0 fully saturated rings. The Hall–Kier alpha value is -2.70. The predicted molar refractivity (Wildman–Crippen MR) is 95.4 cm³/mol. The number of rotatable bonds is 6. The first-order valence-corrected chi connectivity index (χ1v) is 8.62. The molecule has 0 radical (unpaired) electrons. The van der Waals surface area contributed by atoms with Gasteiger partial charge in [-0.2, -0.15) is 13.2 Å². The topological polar surface area (TPSA) is 38.8 Å². The first-order chi connectivity index (χ1) is 12.9. The molecule has 4 nitrogen and oxygen atoms in total. The molecule has 144 valence electrons. The molecule has 2 aromatic carbocycles. The second kappa shape index (κ2) is 7.90. The predicted octanol–water partition coefficient (Wildman–Crippen LogP) is 4.16. The number of aryl methyl sites for hydroxylation is 1. The van der Waals surface area contributed by atoms with Crippen LogP contribution in [0.2, 0.25) is 0 Å². The lowest BCUT2D eigenvalue weighted by Gasteiger charge is -2.17. The molecule has 1 heterocycles. The highest BCUT2D eigenvalue weighted by atomic mass is 19.4. The molecular formula is C20H20F3NO3. The molecule has 27 heavy (non-hydrogen) atoms. The third kappa shape index (κ3) is 4.72. The molecule has 0 atom stereocenters. The zero-order valence-corrected chi connectivity index (χ0v) is 14.9. The van der Waals surface area contributed by atoms with Crippen LogP contribution in [0.15, 0.2) is 42.5 Å². The fourth-order valence-corrected chi connectivity index (χ4v) is 3.13. The number of carbonyl (C=O) groups is 1. The van der Waals surface area contributed by atoms with Crippen LogP contribution in [0.1, 0.15) is 17.5 Å². The highest BCUT2D eigenvalue weighted by molar-refractivity contribution is 5.95. The molecule has 0 unspecified atom stereocenters. The van der Waals surface area contributed by atoms with Crippen molar-refractivity contribution in [3.63, 3.8) is 0 Å². The van der Waals surface area contributed by atoms with Gasteiger partial charge in [0.2, 0.25) is 5.91 Å². The Morgan fingerprint density at radius 3 is 2.67 bits per heavy atom. The molecule has 1 amide bonds. The SMILES string of the molecule is COc1cc(CCC(=O)N2CCc3ccccc32)ccc1OCC(F)(F)F. The number of carbonyl (C=O) groups excluding carboxylic acids is 1. The smallest absolute Gasteiger partial charge is 0.422 e. The van der Waals surface area contributed by atoms with Crippen LogP contribution in [0.25, 0.3) is 0 Å². The molecule has 7 heteroatoms. The van der Waals surface area contributed by atoms with Gasteiger partial charge in [-0.1, -0.05) is 24.3 Å². The summed E-state index contributed by atoms with van der Waals surface area (Å²) in [7, 11) is 1.37. The number of para-hydroxylation sites is 1. The molecule has 1 aliphatic heterocycles. The number of ether oxygens (including phenoxy) is 2. The van der Waals surface area contributed by atoms with E-state index in [9.17, 15) is 18.0 Å². The molecule has 2 aromatic rings. The summed E-state index contributed by atoms with van der Waals surface area (Å²) in [6.07, 6.45) is -2.79. The van der Waals surface area contributed by atoms with Crippen LogP contribution in [0.4, 0.5) is 18.9 Å². The average molecular weight is 379 g/mol. The Kier molecular flexibility index (Phi) is 5.58. The Morgan fingerprint density at radius 2 is 1.93 bits per heavy atom. The van der Waals surface area contributed by atoms with Gasteiger partial charge < -0.3 is 14.4 Å². The van der Waals surface area contributed by atoms with E-state index in [-0.39, 0.29) is 17.4 Å². The van der Waals surface area contributed by atoms with Crippen LogP contribution in [-0.4, -0.2) is 32.3 Å². The van der Waals surface area contributed by atoms with Gasteiger partial charge in [0, 0.05) is 18.7 Å². The van der Waals surface area contributed by atoms with Crippen molar-refractivity contribution in [2.24, 2.45) is 0 Å². The van der Waals surface area contributed by atoms with E-state index in [1.54, 1.807) is 17.0 Å². The fourth-order valence-electron chi connectivity index (χ4n) is 3.13. The van der Waals surface area contributed by atoms with E-state index in [0.29, 0.717) is 19.4 Å². The van der Waals surface area contributed by atoms with Crippen LogP contribution < -0.4 is 14.4 Å². The summed E-state index contributed by atoms with van der Waals surface area (Å²) in [5, 5.41) is 0. The minimum absolute atomic E-state index is 0.0244. The van der Waals surface area contributed by atoms with Crippen LogP contribution in [0.3, 0.4) is 0 Å². The van der Waals surface area contributed by atoms with Crippen LogP contribution in [0, 0.1) is 0 Å². The van der Waals surface area contributed by atoms with Crippen molar-refractivity contribution in [3.8, 4) is 11.5 Å². The van der Waals surface area contributed by atoms with E-state index < -0.39 is 12.8 Å². The third-order valence-electron chi connectivity index (χ3n) is 4.44. The Morgan fingerprint density at radius 1 is 1.15 bits per heavy atom. The summed E-state index contributed by atoms with van der Waals surface area (Å²) in [5.41, 5.74) is 2.92. The molecule has 0 saturated heterocycles. The van der Waals surface area contributed by atoms with E-state index in [1.807, 2.05) is 24.3 Å². The lowest BCUT2D eigenvalue weighted by atomic mass is 10.1. The van der Waals surface area contributed by atoms with Gasteiger partial charge in [-0.25, -0.2) is 0 Å². The van der Waals surface area contributed by atoms with E-state index in [4.69, 9.17) is 9.47 Å². The van der Waals surface area contributed by atoms with Gasteiger partial charge in [0.15, 0.2) is 18.1 Å². The minimum atomic E-state index is -4.41. The molecule has 1 aliphatic rings. The van der Waals surface area contributed by atoms with Crippen LogP contribution >= 0.6 is 0 Å². The Bertz CT molecular complexity index is 820. The summed E-state index contributed by atoms with van der Waals surface area (Å²) < 4.78 is 46.8. The largest absolute Gasteiger partial charge is 0.493 e. The highest BCUT2D eigenvalue weighted by Crippen LogP contribution is 2.31. The van der Waals surface area contributed by atoms with Crippen molar-refractivity contribution in [1.29, 1.82) is 0 Å². The zero-order valence-electron chi connectivity index (χ0n) is 14.9. The monoisotopic (exact) mass is 379 g/mol. The van der Waals surface area contributed by atoms with Gasteiger partial charge in [0.05, 0.1) is 7.11 Å². The Labute approximate surface area is 155 Å². The van der Waals surface area contributed by atoms with E-state index >= 15 is 0 Å². The minimum Gasteiger partial charge on any atom is -0.493 e. The van der Waals surface area contributed by atoms with Crippen LogP contribution in [-0.2, 0) is 17.6 Å². The van der Waals surface area contributed by atoms with Gasteiger partial charge in [-0.3, -0.25) is 4.79 Å². The van der Waals surface area contributed by atoms with Gasteiger partial charge in [-0.05, 0) is 42.2 Å². The summed E-state index contributed by atoms with van der Waals surface area (Å²) in [5.74, 6) is 0.269. The molecule has 0 spiro atoms. The third-order valence-corrected chi connectivity index (χ3v) is 4.44. The first-order valence-electron chi connectivity index (χ1n) is 8.62. The number of anilines is 1. The van der Waals surface area contributed by atoms with Crippen molar-refractivity contribution >= 4 is 11.6 Å². The van der Waals surface area contributed by atoms with Crippen molar-refractivity contribution in [1.82, 2.24) is 0 Å². The van der Waals surface area contributed by atoms with Gasteiger partial charge in [-0.15, -0.1) is 0 Å². The van der Waals surface area contributed by atoms with Crippen molar-refractivity contribution in [2.45, 2.75) is 25.4 Å². The second-order valence-electron chi connectivity index (χ2n) is 6.31. The lowest BCUT2D eigenvalue weighted by molar-refractivity contribution is -0.153. The number of hydrogen-bond acceptors (Lipinski definition) is 3. The van der Waals surface area contributed by atoms with Gasteiger partial charge in [0.1, 0.15) is 0 Å². The first kappa shape index (κ1) is 19.1. The second-order valence-corrected chi connectivity index (χ2v) is 6.31. The standard InChI is InChI=1S/C20H20F3NO3/c1-26-18-12-14(6-8-17(18)27-13-20(21,22)23)7-9-19(25)24-11-10-15-4-2-3-5-16(15)24/h2-6,8,12H,7,9-11,13H2,1H3. The summed E-state index contributed by atoms with van der Waals surface area (Å²) in [4.78, 5) is 14.3. The van der Waals surface area contributed by atoms with Gasteiger partial charge >= 0.3 is 6.18 Å². The number of amides is 1. The number of methoxy groups -OCH3 is 1. The molecule has 0 saturated carbocycles. The molecule has 0 aliphatic carbocycles. The van der Waals surface area contributed by atoms with E-state index in [2.05, 4.69) is 0 Å². The van der Waals surface area contributed by atoms with Crippen molar-refractivity contribution < 1.29 is 27.4 Å². The van der Waals surface area contributed by atoms with Crippen LogP contribution in [0.5, 0.6) is 11.5 Å². The van der Waals surface area contributed by atoms with Crippen molar-refractivity contribution in [2.75, 3.05) is 25.2 Å². The fraction of sp³-hybridized carbons (Fsp3) is 0.350. The summed E-state index contributed by atoms with van der Waals surface area (Å²) in [6, 6.07) is 12.5. The number of fused-ring (bicyclic) bond motifs is 1. The highest BCUT2D eigenvalue weighted by Gasteiger charge is 2.29. The van der Waals surface area contributed by atoms with E-state index in [1.165, 1.54) is 18.7 Å². The van der Waals surface area contributed by atoms with E-state index in [0.717, 1.165) is 17.7 Å². The Balaban J connectivity index is 1.62. The number of benzene rings is 2. The lowest BCUT2D eigenvalue weighted by Crippen LogP contribution is -2.29.